The van der Waals surface area contributed by atoms with Crippen LogP contribution in [0.5, 0.6) is 0 Å². The first-order valence-electron chi connectivity index (χ1n) is 20.7. The van der Waals surface area contributed by atoms with Crippen molar-refractivity contribution in [2.45, 2.75) is 0 Å². The number of anilines is 3. The first-order valence-corrected chi connectivity index (χ1v) is 20.7. The summed E-state index contributed by atoms with van der Waals surface area (Å²) in [5.41, 5.74) is 9.75. The van der Waals surface area contributed by atoms with Crippen LogP contribution in [0, 0.1) is 0 Å². The number of para-hydroxylation sites is 2. The van der Waals surface area contributed by atoms with E-state index in [1.165, 1.54) is 75.8 Å². The second-order valence-electron chi connectivity index (χ2n) is 16.0. The minimum absolute atomic E-state index is 0.900. The molecule has 0 spiro atoms. The molecule has 13 aromatic rings. The summed E-state index contributed by atoms with van der Waals surface area (Å²) in [6, 6.07) is 77.8. The standard InChI is InChI=1S/C58H35NO/c1-2-12-36(13-3-1)44-17-4-6-23-51(44)59(42-32-30-37(31-33-42)45-19-11-25-53-58(45)49-18-5-7-24-52(49)60-53)43-34-41-29-28-40-15-9-21-47-46-20-8-14-38-26-27-39-16-10-22-48(56(39)54(38)46)50(35-43)57(41)55(40)47/h1-35H. The summed E-state index contributed by atoms with van der Waals surface area (Å²) < 4.78 is 6.30. The molecule has 0 amide bonds. The molecule has 0 bridgehead atoms. The fourth-order valence-corrected chi connectivity index (χ4v) is 10.2. The van der Waals surface area contributed by atoms with Crippen molar-refractivity contribution in [2.75, 3.05) is 4.90 Å². The predicted octanol–water partition coefficient (Wildman–Crippen LogP) is 16.7. The van der Waals surface area contributed by atoms with Gasteiger partial charge in [-0.3, -0.25) is 0 Å². The highest BCUT2D eigenvalue weighted by molar-refractivity contribution is 6.37. The van der Waals surface area contributed by atoms with Gasteiger partial charge in [-0.15, -0.1) is 0 Å². The van der Waals surface area contributed by atoms with E-state index >= 15 is 0 Å². The predicted molar refractivity (Wildman–Crippen MR) is 255 cm³/mol. The van der Waals surface area contributed by atoms with Gasteiger partial charge in [-0.25, -0.2) is 0 Å². The van der Waals surface area contributed by atoms with E-state index in [1.807, 2.05) is 12.1 Å². The lowest BCUT2D eigenvalue weighted by Gasteiger charge is -2.29. The maximum absolute atomic E-state index is 6.30. The minimum atomic E-state index is 0.900. The van der Waals surface area contributed by atoms with E-state index in [0.29, 0.717) is 0 Å². The molecule has 13 rings (SSSR count). The second-order valence-corrected chi connectivity index (χ2v) is 16.0. The van der Waals surface area contributed by atoms with Crippen LogP contribution in [0.1, 0.15) is 0 Å². The van der Waals surface area contributed by atoms with Gasteiger partial charge in [-0.05, 0) is 124 Å². The second kappa shape index (κ2) is 12.8. The van der Waals surface area contributed by atoms with Gasteiger partial charge in [0.1, 0.15) is 11.2 Å². The molecule has 0 saturated heterocycles. The molecule has 1 heterocycles. The van der Waals surface area contributed by atoms with Gasteiger partial charge in [0.05, 0.1) is 5.69 Å². The van der Waals surface area contributed by atoms with Crippen molar-refractivity contribution in [2.24, 2.45) is 0 Å². The van der Waals surface area contributed by atoms with Gasteiger partial charge in [-0.2, -0.15) is 0 Å². The summed E-state index contributed by atoms with van der Waals surface area (Å²) in [5.74, 6) is 0. The fraction of sp³-hybridized carbons (Fsp3) is 0. The van der Waals surface area contributed by atoms with Crippen molar-refractivity contribution >= 4 is 104 Å². The van der Waals surface area contributed by atoms with Gasteiger partial charge in [0.2, 0.25) is 0 Å². The zero-order valence-corrected chi connectivity index (χ0v) is 32.6. The zero-order chi connectivity index (χ0) is 39.3. The van der Waals surface area contributed by atoms with Gasteiger partial charge in [0.15, 0.2) is 0 Å². The minimum Gasteiger partial charge on any atom is -0.456 e. The van der Waals surface area contributed by atoms with Gasteiger partial charge in [0.25, 0.3) is 0 Å². The molecular formula is C58H35NO. The van der Waals surface area contributed by atoms with Crippen LogP contribution in [0.2, 0.25) is 0 Å². The highest BCUT2D eigenvalue weighted by atomic mass is 16.3. The maximum Gasteiger partial charge on any atom is 0.136 e. The van der Waals surface area contributed by atoms with Gasteiger partial charge in [0, 0.05) is 27.7 Å². The lowest BCUT2D eigenvalue weighted by Crippen LogP contribution is -2.11. The highest BCUT2D eigenvalue weighted by Gasteiger charge is 2.22. The Hall–Kier alpha value is -7.94. The van der Waals surface area contributed by atoms with Crippen molar-refractivity contribution in [3.8, 4) is 22.3 Å². The van der Waals surface area contributed by atoms with Crippen LogP contribution in [-0.4, -0.2) is 0 Å². The molecule has 0 fully saturated rings. The average molecular weight is 762 g/mol. The van der Waals surface area contributed by atoms with Gasteiger partial charge < -0.3 is 9.32 Å². The molecule has 278 valence electrons. The van der Waals surface area contributed by atoms with Crippen LogP contribution in [0.4, 0.5) is 17.1 Å². The van der Waals surface area contributed by atoms with Gasteiger partial charge in [-0.1, -0.05) is 170 Å². The quantitative estimate of drug-likeness (QED) is 0.162. The maximum atomic E-state index is 6.30. The Balaban J connectivity index is 1.12. The molecule has 0 saturated carbocycles. The molecule has 0 radical (unpaired) electrons. The number of rotatable bonds is 5. The monoisotopic (exact) mass is 761 g/mol. The van der Waals surface area contributed by atoms with Gasteiger partial charge >= 0.3 is 0 Å². The largest absolute Gasteiger partial charge is 0.456 e. The summed E-state index contributed by atoms with van der Waals surface area (Å²) in [6.07, 6.45) is 0. The molecule has 2 heteroatoms. The van der Waals surface area contributed by atoms with Crippen LogP contribution in [0.3, 0.4) is 0 Å². The van der Waals surface area contributed by atoms with E-state index in [4.69, 9.17) is 4.42 Å². The number of fused-ring (bicyclic) bond motifs is 5. The smallest absolute Gasteiger partial charge is 0.136 e. The SMILES string of the molecule is c1ccc(-c2ccccc2N(c2ccc(-c3cccc4oc5ccccc5c34)cc2)c2cc3ccc4cccc5c6cccc7ccc8cccc(c(c2)c3c45)c8c76)cc1. The molecule has 0 aliphatic heterocycles. The van der Waals surface area contributed by atoms with Crippen LogP contribution >= 0.6 is 0 Å². The zero-order valence-electron chi connectivity index (χ0n) is 32.6. The Kier molecular flexibility index (Phi) is 7.05. The molecule has 1 aromatic heterocycles. The molecule has 0 atom stereocenters. The Morgan fingerprint density at radius 3 is 1.52 bits per heavy atom. The van der Waals surface area contributed by atoms with Crippen molar-refractivity contribution in [1.82, 2.24) is 0 Å². The lowest BCUT2D eigenvalue weighted by atomic mass is 9.87. The number of nitrogens with zero attached hydrogens (tertiary/aromatic N) is 1. The van der Waals surface area contributed by atoms with Crippen LogP contribution in [0.25, 0.3) is 109 Å². The van der Waals surface area contributed by atoms with Crippen molar-refractivity contribution in [1.29, 1.82) is 0 Å². The van der Waals surface area contributed by atoms with E-state index < -0.39 is 0 Å². The molecule has 0 aliphatic carbocycles. The van der Waals surface area contributed by atoms with Crippen molar-refractivity contribution in [3.05, 3.63) is 212 Å². The molecule has 2 nitrogen and oxygen atoms in total. The van der Waals surface area contributed by atoms with Crippen molar-refractivity contribution in [3.63, 3.8) is 0 Å². The topological polar surface area (TPSA) is 16.4 Å². The summed E-state index contributed by atoms with van der Waals surface area (Å²) in [7, 11) is 0. The summed E-state index contributed by atoms with van der Waals surface area (Å²) in [5, 5.41) is 17.5. The Bertz CT molecular complexity index is 3820. The Morgan fingerprint density at radius 2 is 0.800 bits per heavy atom. The van der Waals surface area contributed by atoms with Crippen LogP contribution < -0.4 is 4.90 Å². The molecule has 12 aromatic carbocycles. The van der Waals surface area contributed by atoms with Crippen LogP contribution in [-0.2, 0) is 0 Å². The molecular weight excluding hydrogens is 727 g/mol. The Labute approximate surface area is 346 Å². The summed E-state index contributed by atoms with van der Waals surface area (Å²) >= 11 is 0. The third-order valence-electron chi connectivity index (χ3n) is 12.7. The third kappa shape index (κ3) is 4.82. The normalized spacial score (nSPS) is 12.0. The molecule has 0 unspecified atom stereocenters. The number of hydrogen-bond donors (Lipinski definition) is 0. The van der Waals surface area contributed by atoms with E-state index in [-0.39, 0.29) is 0 Å². The highest BCUT2D eigenvalue weighted by Crippen LogP contribution is 2.48. The summed E-state index contributed by atoms with van der Waals surface area (Å²) in [4.78, 5) is 2.46. The first-order chi connectivity index (χ1) is 29.8. The molecule has 0 aliphatic rings. The number of hydrogen-bond acceptors (Lipinski definition) is 2. The number of furan rings is 1. The number of benzene rings is 11. The van der Waals surface area contributed by atoms with Crippen molar-refractivity contribution < 1.29 is 4.42 Å². The lowest BCUT2D eigenvalue weighted by molar-refractivity contribution is 0.669. The van der Waals surface area contributed by atoms with Crippen LogP contribution in [0.15, 0.2) is 217 Å². The van der Waals surface area contributed by atoms with E-state index in [0.717, 1.165) is 50.1 Å². The van der Waals surface area contributed by atoms with E-state index in [2.05, 4.69) is 205 Å². The van der Waals surface area contributed by atoms with E-state index in [9.17, 15) is 0 Å². The molecule has 60 heavy (non-hydrogen) atoms. The first kappa shape index (κ1) is 33.1. The summed E-state index contributed by atoms with van der Waals surface area (Å²) in [6.45, 7) is 0. The average Bonchev–Trinajstić information content (AvgIpc) is 3.70. The molecule has 0 N–H and O–H groups in total. The van der Waals surface area contributed by atoms with E-state index in [1.54, 1.807) is 0 Å². The Morgan fingerprint density at radius 1 is 0.283 bits per heavy atom. The third-order valence-corrected chi connectivity index (χ3v) is 12.7. The fourth-order valence-electron chi connectivity index (χ4n) is 10.2.